The molecule has 13 nitrogen and oxygen atoms in total. The van der Waals surface area contributed by atoms with Crippen LogP contribution in [-0.2, 0) is 18.9 Å². The molecule has 2 N–H and O–H groups in total. The van der Waals surface area contributed by atoms with E-state index in [0.29, 0.717) is 0 Å². The van der Waals surface area contributed by atoms with Gasteiger partial charge in [-0.3, -0.25) is 9.78 Å². The van der Waals surface area contributed by atoms with E-state index in [1.165, 1.54) is 18.5 Å². The Bertz CT molecular complexity index is 1530. The Labute approximate surface area is 232 Å². The third-order valence-electron chi connectivity index (χ3n) is 6.06. The minimum absolute atomic E-state index is 0.189. The number of amides is 1. The Kier molecular flexibility index (Phi) is 8.06. The Morgan fingerprint density at radius 1 is 0.805 bits per heavy atom. The zero-order valence-corrected chi connectivity index (χ0v) is 21.3. The van der Waals surface area contributed by atoms with E-state index in [9.17, 15) is 19.2 Å². The summed E-state index contributed by atoms with van der Waals surface area (Å²) in [5.74, 6) is -3.39. The van der Waals surface area contributed by atoms with Crippen molar-refractivity contribution in [3.63, 3.8) is 0 Å². The van der Waals surface area contributed by atoms with Crippen LogP contribution in [0.15, 0.2) is 91.5 Å². The van der Waals surface area contributed by atoms with Crippen molar-refractivity contribution < 1.29 is 38.1 Å². The van der Waals surface area contributed by atoms with E-state index in [1.807, 2.05) is 0 Å². The summed E-state index contributed by atoms with van der Waals surface area (Å²) < 4.78 is 24.3. The second kappa shape index (κ2) is 12.2. The van der Waals surface area contributed by atoms with Crippen LogP contribution in [0.2, 0.25) is 0 Å². The molecule has 1 saturated heterocycles. The number of benzene rings is 2. The zero-order chi connectivity index (χ0) is 28.8. The number of esters is 3. The van der Waals surface area contributed by atoms with Crippen molar-refractivity contribution in [2.24, 2.45) is 5.73 Å². The molecule has 1 fully saturated rings. The van der Waals surface area contributed by atoms with E-state index in [-0.39, 0.29) is 22.5 Å². The molecule has 1 aliphatic rings. The topological polar surface area (TPSA) is 175 Å². The molecule has 13 heteroatoms. The predicted octanol–water partition coefficient (Wildman–Crippen LogP) is 1.98. The number of aromatic nitrogens is 4. The molecule has 0 aliphatic carbocycles. The van der Waals surface area contributed by atoms with Gasteiger partial charge in [0.05, 0.1) is 16.7 Å². The summed E-state index contributed by atoms with van der Waals surface area (Å²) in [6, 6.07) is 19.4. The number of pyridine rings is 1. The van der Waals surface area contributed by atoms with Crippen molar-refractivity contribution in [2.75, 3.05) is 6.61 Å². The van der Waals surface area contributed by atoms with Gasteiger partial charge in [-0.05, 0) is 36.4 Å². The summed E-state index contributed by atoms with van der Waals surface area (Å²) in [7, 11) is 0. The summed E-state index contributed by atoms with van der Waals surface area (Å²) in [6.45, 7) is -0.395. The zero-order valence-electron chi connectivity index (χ0n) is 21.3. The molecule has 1 aliphatic heterocycles. The molecule has 2 aromatic heterocycles. The Morgan fingerprint density at radius 3 is 1.98 bits per heavy atom. The molecule has 0 saturated carbocycles. The predicted molar refractivity (Wildman–Crippen MR) is 138 cm³/mol. The fourth-order valence-corrected chi connectivity index (χ4v) is 4.09. The van der Waals surface area contributed by atoms with Crippen LogP contribution in [0.3, 0.4) is 0 Å². The number of primary amides is 1. The number of carbonyl (C=O) groups excluding carboxylic acids is 4. The molecule has 5 rings (SSSR count). The fraction of sp³-hybridized carbons (Fsp3) is 0.179. The number of hydrogen-bond donors (Lipinski definition) is 1. The van der Waals surface area contributed by atoms with E-state index >= 15 is 0 Å². The lowest BCUT2D eigenvalue weighted by atomic mass is 10.1. The van der Waals surface area contributed by atoms with Crippen LogP contribution in [0.25, 0.3) is 0 Å². The lowest BCUT2D eigenvalue weighted by Crippen LogP contribution is -2.41. The Hall–Kier alpha value is -5.43. The van der Waals surface area contributed by atoms with Crippen molar-refractivity contribution in [1.82, 2.24) is 19.7 Å². The lowest BCUT2D eigenvalue weighted by Gasteiger charge is -2.24. The summed E-state index contributed by atoms with van der Waals surface area (Å²) >= 11 is 0. The molecule has 3 heterocycles. The molecular formula is C28H23N5O8. The van der Waals surface area contributed by atoms with Gasteiger partial charge in [-0.2, -0.15) is 0 Å². The maximum absolute atomic E-state index is 13.1. The molecule has 1 amide bonds. The average Bonchev–Trinajstić information content (AvgIpc) is 3.63. The molecule has 0 unspecified atom stereocenters. The van der Waals surface area contributed by atoms with E-state index in [1.54, 1.807) is 66.7 Å². The normalized spacial score (nSPS) is 19.7. The maximum atomic E-state index is 13.1. The van der Waals surface area contributed by atoms with E-state index in [4.69, 9.17) is 24.7 Å². The second-order valence-electron chi connectivity index (χ2n) is 8.79. The van der Waals surface area contributed by atoms with Gasteiger partial charge in [0.1, 0.15) is 19.0 Å². The highest BCUT2D eigenvalue weighted by Crippen LogP contribution is 2.35. The number of nitrogens with two attached hydrogens (primary N) is 1. The van der Waals surface area contributed by atoms with E-state index < -0.39 is 55.0 Å². The van der Waals surface area contributed by atoms with Gasteiger partial charge in [0.15, 0.2) is 18.4 Å². The van der Waals surface area contributed by atoms with Crippen LogP contribution in [0, 0.1) is 0 Å². The summed E-state index contributed by atoms with van der Waals surface area (Å²) in [5, 5.41) is 4.03. The van der Waals surface area contributed by atoms with Gasteiger partial charge in [0.2, 0.25) is 5.82 Å². The number of carbonyl (C=O) groups is 4. The maximum Gasteiger partial charge on any atom is 0.339 e. The SMILES string of the molecule is NC(=O)c1ncn([C@@H]2O[C@H](COC(=O)c3cccnc3)[C@@H](OC(=O)c3ccccc3)[C@H]2OC(=O)c2ccccc2)n1. The number of rotatable bonds is 9. The molecule has 2 aromatic carbocycles. The number of hydrogen-bond acceptors (Lipinski definition) is 11. The second-order valence-corrected chi connectivity index (χ2v) is 8.79. The molecule has 0 radical (unpaired) electrons. The molecular weight excluding hydrogens is 534 g/mol. The van der Waals surface area contributed by atoms with Crippen molar-refractivity contribution in [2.45, 2.75) is 24.5 Å². The van der Waals surface area contributed by atoms with Gasteiger partial charge in [0.25, 0.3) is 5.91 Å². The highest BCUT2D eigenvalue weighted by Gasteiger charge is 2.52. The lowest BCUT2D eigenvalue weighted by molar-refractivity contribution is -0.0673. The molecule has 0 spiro atoms. The number of ether oxygens (including phenoxy) is 4. The molecule has 41 heavy (non-hydrogen) atoms. The first-order valence-electron chi connectivity index (χ1n) is 12.4. The van der Waals surface area contributed by atoms with E-state index in [0.717, 1.165) is 11.0 Å². The quantitative estimate of drug-likeness (QED) is 0.235. The van der Waals surface area contributed by atoms with Crippen LogP contribution in [0.5, 0.6) is 0 Å². The molecule has 4 atom stereocenters. The first-order chi connectivity index (χ1) is 19.9. The summed E-state index contributed by atoms with van der Waals surface area (Å²) in [4.78, 5) is 58.3. The summed E-state index contributed by atoms with van der Waals surface area (Å²) in [5.41, 5.74) is 5.95. The minimum atomic E-state index is -1.31. The van der Waals surface area contributed by atoms with Crippen LogP contribution in [0.4, 0.5) is 0 Å². The number of nitrogens with zero attached hydrogens (tertiary/aromatic N) is 4. The molecule has 208 valence electrons. The summed E-state index contributed by atoms with van der Waals surface area (Å²) in [6.07, 6.45) is -0.942. The van der Waals surface area contributed by atoms with Crippen molar-refractivity contribution >= 4 is 23.8 Å². The van der Waals surface area contributed by atoms with Crippen molar-refractivity contribution in [3.8, 4) is 0 Å². The average molecular weight is 558 g/mol. The third kappa shape index (κ3) is 6.25. The smallest absolute Gasteiger partial charge is 0.339 e. The highest BCUT2D eigenvalue weighted by molar-refractivity contribution is 5.91. The molecule has 4 aromatic rings. The fourth-order valence-electron chi connectivity index (χ4n) is 4.09. The Balaban J connectivity index is 1.47. The van der Waals surface area contributed by atoms with Gasteiger partial charge in [0, 0.05) is 12.4 Å². The van der Waals surface area contributed by atoms with Gasteiger partial charge in [-0.25, -0.2) is 24.0 Å². The largest absolute Gasteiger partial charge is 0.459 e. The van der Waals surface area contributed by atoms with Gasteiger partial charge in [-0.15, -0.1) is 5.10 Å². The third-order valence-corrected chi connectivity index (χ3v) is 6.06. The standard InChI is InChI=1S/C28H23N5O8/c29-23(34)24-31-16-33(32-24)25-22(41-28(37)18-10-5-2-6-11-18)21(40-27(36)17-8-3-1-4-9-17)20(39-25)15-38-26(35)19-12-7-13-30-14-19/h1-14,16,20-22,25H,15H2,(H2,29,34)/t20-,21-,22-,25-/m1/s1. The highest BCUT2D eigenvalue weighted by atomic mass is 16.7. The van der Waals surface area contributed by atoms with Gasteiger partial charge >= 0.3 is 17.9 Å². The first kappa shape index (κ1) is 27.1. The monoisotopic (exact) mass is 557 g/mol. The van der Waals surface area contributed by atoms with Gasteiger partial charge in [-0.1, -0.05) is 36.4 Å². The first-order valence-corrected chi connectivity index (χ1v) is 12.4. The van der Waals surface area contributed by atoms with Crippen LogP contribution in [0.1, 0.15) is 47.9 Å². The Morgan fingerprint density at radius 2 is 1.41 bits per heavy atom. The van der Waals surface area contributed by atoms with Crippen molar-refractivity contribution in [1.29, 1.82) is 0 Å². The van der Waals surface area contributed by atoms with Crippen molar-refractivity contribution in [3.05, 3.63) is 114 Å². The molecule has 0 bridgehead atoms. The van der Waals surface area contributed by atoms with Crippen LogP contribution < -0.4 is 5.73 Å². The minimum Gasteiger partial charge on any atom is -0.459 e. The van der Waals surface area contributed by atoms with E-state index in [2.05, 4.69) is 15.1 Å². The van der Waals surface area contributed by atoms with Crippen LogP contribution in [-0.4, -0.2) is 68.5 Å². The van der Waals surface area contributed by atoms with Gasteiger partial charge < -0.3 is 24.7 Å². The van der Waals surface area contributed by atoms with Crippen LogP contribution >= 0.6 is 0 Å².